The highest BCUT2D eigenvalue weighted by atomic mass is 16.5. The van der Waals surface area contributed by atoms with E-state index in [9.17, 15) is 5.11 Å². The van der Waals surface area contributed by atoms with Crippen LogP contribution in [0.15, 0.2) is 23.2 Å². The van der Waals surface area contributed by atoms with Crippen LogP contribution >= 0.6 is 0 Å². The molecule has 0 aromatic heterocycles. The standard InChI is InChI=1S/C12H18N2O3/c1-17-11-4-2-3-10(12(11)16)9-14-6-5-13-7-8-15/h2-4,9,13,15-16H,5-8H2,1H3. The molecule has 0 aliphatic rings. The Bertz CT molecular complexity index is 367. The number of nitrogens with zero attached hydrogens (tertiary/aromatic N) is 1. The van der Waals surface area contributed by atoms with Gasteiger partial charge in [0.2, 0.25) is 0 Å². The van der Waals surface area contributed by atoms with Crippen LogP contribution in [0.1, 0.15) is 5.56 Å². The summed E-state index contributed by atoms with van der Waals surface area (Å²) in [5.41, 5.74) is 0.631. The van der Waals surface area contributed by atoms with Crippen LogP contribution in [0.4, 0.5) is 0 Å². The lowest BCUT2D eigenvalue weighted by molar-refractivity contribution is 0.293. The third-order valence-electron chi connectivity index (χ3n) is 2.19. The molecule has 0 saturated heterocycles. The van der Waals surface area contributed by atoms with Crippen molar-refractivity contribution in [1.29, 1.82) is 0 Å². The maximum Gasteiger partial charge on any atom is 0.166 e. The van der Waals surface area contributed by atoms with Crippen molar-refractivity contribution in [2.45, 2.75) is 0 Å². The van der Waals surface area contributed by atoms with Crippen LogP contribution in [0, 0.1) is 0 Å². The van der Waals surface area contributed by atoms with Crippen LogP contribution in [0.5, 0.6) is 11.5 Å². The maximum atomic E-state index is 9.76. The number of methoxy groups -OCH3 is 1. The topological polar surface area (TPSA) is 74.1 Å². The molecule has 0 aliphatic heterocycles. The zero-order valence-corrected chi connectivity index (χ0v) is 9.89. The Morgan fingerprint density at radius 3 is 2.94 bits per heavy atom. The molecule has 0 fully saturated rings. The van der Waals surface area contributed by atoms with Crippen LogP contribution in [-0.4, -0.2) is 49.8 Å². The molecule has 0 spiro atoms. The van der Waals surface area contributed by atoms with Gasteiger partial charge in [0.25, 0.3) is 0 Å². The number of aliphatic hydroxyl groups is 1. The molecule has 0 radical (unpaired) electrons. The number of aliphatic hydroxyl groups excluding tert-OH is 1. The van der Waals surface area contributed by atoms with E-state index in [1.165, 1.54) is 7.11 Å². The number of para-hydroxylation sites is 1. The number of phenols is 1. The van der Waals surface area contributed by atoms with E-state index in [1.54, 1.807) is 24.4 Å². The molecule has 0 atom stereocenters. The van der Waals surface area contributed by atoms with E-state index in [2.05, 4.69) is 10.3 Å². The molecule has 0 bridgehead atoms. The molecule has 0 amide bonds. The second kappa shape index (κ2) is 7.65. The smallest absolute Gasteiger partial charge is 0.166 e. The van der Waals surface area contributed by atoms with E-state index >= 15 is 0 Å². The molecule has 5 nitrogen and oxygen atoms in total. The third-order valence-corrected chi connectivity index (χ3v) is 2.19. The number of hydrogen-bond acceptors (Lipinski definition) is 5. The first-order valence-corrected chi connectivity index (χ1v) is 5.47. The second-order valence-corrected chi connectivity index (χ2v) is 3.41. The van der Waals surface area contributed by atoms with E-state index < -0.39 is 0 Å². The number of aromatic hydroxyl groups is 1. The molecule has 3 N–H and O–H groups in total. The van der Waals surface area contributed by atoms with Gasteiger partial charge in [0.05, 0.1) is 20.3 Å². The zero-order valence-electron chi connectivity index (χ0n) is 9.89. The number of rotatable bonds is 7. The number of phenolic OH excluding ortho intramolecular Hbond substituents is 1. The molecule has 94 valence electrons. The molecule has 1 rings (SSSR count). The summed E-state index contributed by atoms with van der Waals surface area (Å²) in [4.78, 5) is 4.16. The predicted octanol–water partition coefficient (Wildman–Crippen LogP) is 0.402. The fourth-order valence-corrected chi connectivity index (χ4v) is 1.32. The average Bonchev–Trinajstić information content (AvgIpc) is 2.35. The molecule has 1 aromatic carbocycles. The summed E-state index contributed by atoms with van der Waals surface area (Å²) in [6.07, 6.45) is 1.61. The molecule has 17 heavy (non-hydrogen) atoms. The van der Waals surface area contributed by atoms with Gasteiger partial charge in [0.15, 0.2) is 11.5 Å². The average molecular weight is 238 g/mol. The first kappa shape index (κ1) is 13.5. The number of hydrogen-bond donors (Lipinski definition) is 3. The van der Waals surface area contributed by atoms with Crippen molar-refractivity contribution in [3.63, 3.8) is 0 Å². The fourth-order valence-electron chi connectivity index (χ4n) is 1.32. The van der Waals surface area contributed by atoms with Crippen molar-refractivity contribution in [3.05, 3.63) is 23.8 Å². The minimum absolute atomic E-state index is 0.0991. The number of aliphatic imine (C=N–C) groups is 1. The number of ether oxygens (including phenoxy) is 1. The van der Waals surface area contributed by atoms with E-state index in [-0.39, 0.29) is 12.4 Å². The summed E-state index contributed by atoms with van der Waals surface area (Å²) in [5.74, 6) is 0.537. The molecule has 0 unspecified atom stereocenters. The van der Waals surface area contributed by atoms with Crippen LogP contribution in [0.3, 0.4) is 0 Å². The van der Waals surface area contributed by atoms with Gasteiger partial charge in [-0.3, -0.25) is 4.99 Å². The summed E-state index contributed by atoms with van der Waals surface area (Å²) >= 11 is 0. The molecular weight excluding hydrogens is 220 g/mol. The van der Waals surface area contributed by atoms with E-state index in [1.807, 2.05) is 0 Å². The highest BCUT2D eigenvalue weighted by molar-refractivity contribution is 5.84. The quantitative estimate of drug-likeness (QED) is 0.475. The summed E-state index contributed by atoms with van der Waals surface area (Å²) in [7, 11) is 1.51. The molecular formula is C12H18N2O3. The number of nitrogens with one attached hydrogen (secondary N) is 1. The Morgan fingerprint density at radius 2 is 2.24 bits per heavy atom. The Morgan fingerprint density at radius 1 is 1.41 bits per heavy atom. The van der Waals surface area contributed by atoms with Crippen LogP contribution < -0.4 is 10.1 Å². The van der Waals surface area contributed by atoms with Crippen molar-refractivity contribution in [3.8, 4) is 11.5 Å². The lowest BCUT2D eigenvalue weighted by Crippen LogP contribution is -2.21. The first-order valence-electron chi connectivity index (χ1n) is 5.47. The van der Waals surface area contributed by atoms with Crippen LogP contribution in [0.2, 0.25) is 0 Å². The molecule has 1 aromatic rings. The molecule has 5 heteroatoms. The maximum absolute atomic E-state index is 9.76. The van der Waals surface area contributed by atoms with Gasteiger partial charge in [-0.2, -0.15) is 0 Å². The van der Waals surface area contributed by atoms with Gasteiger partial charge >= 0.3 is 0 Å². The van der Waals surface area contributed by atoms with Gasteiger partial charge in [-0.25, -0.2) is 0 Å². The van der Waals surface area contributed by atoms with Crippen molar-refractivity contribution in [2.75, 3.05) is 33.4 Å². The SMILES string of the molecule is COc1cccc(C=NCCNCCO)c1O. The summed E-state index contributed by atoms with van der Waals surface area (Å²) < 4.78 is 4.99. The summed E-state index contributed by atoms with van der Waals surface area (Å²) in [6, 6.07) is 5.25. The first-order chi connectivity index (χ1) is 8.29. The van der Waals surface area contributed by atoms with Gasteiger partial charge in [-0.05, 0) is 12.1 Å². The lowest BCUT2D eigenvalue weighted by atomic mass is 10.2. The zero-order chi connectivity index (χ0) is 12.5. The van der Waals surface area contributed by atoms with Crippen LogP contribution in [0.25, 0.3) is 0 Å². The van der Waals surface area contributed by atoms with Crippen molar-refractivity contribution in [2.24, 2.45) is 4.99 Å². The monoisotopic (exact) mass is 238 g/mol. The highest BCUT2D eigenvalue weighted by Crippen LogP contribution is 2.27. The normalized spacial score (nSPS) is 10.9. The Kier molecular flexibility index (Phi) is 6.06. The van der Waals surface area contributed by atoms with Gasteiger partial charge < -0.3 is 20.3 Å². The van der Waals surface area contributed by atoms with Gasteiger partial charge in [0.1, 0.15) is 0 Å². The van der Waals surface area contributed by atoms with E-state index in [0.717, 1.165) is 0 Å². The molecule has 0 aliphatic carbocycles. The predicted molar refractivity (Wildman–Crippen MR) is 67.1 cm³/mol. The van der Waals surface area contributed by atoms with E-state index in [4.69, 9.17) is 9.84 Å². The van der Waals surface area contributed by atoms with Crippen molar-refractivity contribution >= 4 is 6.21 Å². The fraction of sp³-hybridized carbons (Fsp3) is 0.417. The van der Waals surface area contributed by atoms with Crippen molar-refractivity contribution < 1.29 is 14.9 Å². The largest absolute Gasteiger partial charge is 0.504 e. The summed E-state index contributed by atoms with van der Waals surface area (Å²) in [6.45, 7) is 1.98. The van der Waals surface area contributed by atoms with Crippen LogP contribution in [-0.2, 0) is 0 Å². The number of benzene rings is 1. The Labute approximate surface area is 101 Å². The second-order valence-electron chi connectivity index (χ2n) is 3.41. The molecule has 0 heterocycles. The Hall–Kier alpha value is -1.59. The highest BCUT2D eigenvalue weighted by Gasteiger charge is 2.03. The lowest BCUT2D eigenvalue weighted by Gasteiger charge is -2.04. The summed E-state index contributed by atoms with van der Waals surface area (Å²) in [5, 5.41) is 21.3. The Balaban J connectivity index is 2.48. The minimum atomic E-state index is 0.0991. The van der Waals surface area contributed by atoms with Gasteiger partial charge in [0, 0.05) is 24.9 Å². The minimum Gasteiger partial charge on any atom is -0.504 e. The van der Waals surface area contributed by atoms with Gasteiger partial charge in [-0.15, -0.1) is 0 Å². The third kappa shape index (κ3) is 4.42. The van der Waals surface area contributed by atoms with E-state index in [0.29, 0.717) is 30.9 Å². The van der Waals surface area contributed by atoms with Crippen molar-refractivity contribution in [1.82, 2.24) is 5.32 Å². The van der Waals surface area contributed by atoms with Gasteiger partial charge in [-0.1, -0.05) is 6.07 Å². The molecule has 0 saturated carbocycles.